The van der Waals surface area contributed by atoms with Gasteiger partial charge in [0.25, 0.3) is 0 Å². The van der Waals surface area contributed by atoms with E-state index in [0.717, 1.165) is 13.1 Å². The standard InChI is InChI=1S/C9H13Br2NOS/c1-5(2)13-4-7(12)8-3-6(10)9(11)14-8/h3,5,7H,4,12H2,1-2H3. The summed E-state index contributed by atoms with van der Waals surface area (Å²) >= 11 is 8.51. The Bertz CT molecular complexity index is 282. The predicted octanol–water partition coefficient (Wildman–Crippen LogP) is 3.70. The molecule has 0 amide bonds. The molecule has 1 atom stereocenters. The third kappa shape index (κ3) is 3.62. The van der Waals surface area contributed by atoms with Crippen molar-refractivity contribution in [3.05, 3.63) is 19.2 Å². The summed E-state index contributed by atoms with van der Waals surface area (Å²) in [5, 5.41) is 0. The average Bonchev–Trinajstić information content (AvgIpc) is 2.43. The lowest BCUT2D eigenvalue weighted by Gasteiger charge is -2.12. The van der Waals surface area contributed by atoms with E-state index in [4.69, 9.17) is 10.5 Å². The minimum absolute atomic E-state index is 0.0370. The maximum absolute atomic E-state index is 5.97. The second-order valence-electron chi connectivity index (χ2n) is 3.26. The molecule has 1 heterocycles. The third-order valence-corrected chi connectivity index (χ3v) is 5.03. The molecule has 0 aliphatic carbocycles. The maximum Gasteiger partial charge on any atom is 0.0843 e. The zero-order chi connectivity index (χ0) is 10.7. The summed E-state index contributed by atoms with van der Waals surface area (Å²) < 4.78 is 7.59. The van der Waals surface area contributed by atoms with E-state index < -0.39 is 0 Å². The van der Waals surface area contributed by atoms with Gasteiger partial charge in [-0.1, -0.05) is 0 Å². The highest BCUT2D eigenvalue weighted by molar-refractivity contribution is 9.13. The molecule has 0 saturated heterocycles. The first-order valence-electron chi connectivity index (χ1n) is 4.32. The molecule has 2 N–H and O–H groups in total. The Morgan fingerprint density at radius 3 is 2.57 bits per heavy atom. The molecule has 0 saturated carbocycles. The fraction of sp³-hybridized carbons (Fsp3) is 0.556. The van der Waals surface area contributed by atoms with Crippen molar-refractivity contribution in [1.82, 2.24) is 0 Å². The van der Waals surface area contributed by atoms with Crippen LogP contribution in [0.3, 0.4) is 0 Å². The Morgan fingerprint density at radius 2 is 2.14 bits per heavy atom. The van der Waals surface area contributed by atoms with Gasteiger partial charge in [-0.15, -0.1) is 11.3 Å². The van der Waals surface area contributed by atoms with Gasteiger partial charge < -0.3 is 10.5 Å². The summed E-state index contributed by atoms with van der Waals surface area (Å²) in [6.07, 6.45) is 0.230. The van der Waals surface area contributed by atoms with Crippen molar-refractivity contribution in [3.63, 3.8) is 0 Å². The van der Waals surface area contributed by atoms with Crippen LogP contribution in [0.2, 0.25) is 0 Å². The van der Waals surface area contributed by atoms with Crippen LogP contribution in [0.5, 0.6) is 0 Å². The van der Waals surface area contributed by atoms with Crippen LogP contribution in [0.4, 0.5) is 0 Å². The van der Waals surface area contributed by atoms with Crippen molar-refractivity contribution in [3.8, 4) is 0 Å². The molecule has 14 heavy (non-hydrogen) atoms. The lowest BCUT2D eigenvalue weighted by molar-refractivity contribution is 0.0688. The summed E-state index contributed by atoms with van der Waals surface area (Å²) in [7, 11) is 0. The van der Waals surface area contributed by atoms with Crippen LogP contribution in [-0.2, 0) is 4.74 Å². The van der Waals surface area contributed by atoms with Gasteiger partial charge in [0, 0.05) is 9.35 Å². The zero-order valence-corrected chi connectivity index (χ0v) is 12.1. The Labute approximate surface area is 105 Å². The monoisotopic (exact) mass is 341 g/mol. The van der Waals surface area contributed by atoms with Gasteiger partial charge in [0.15, 0.2) is 0 Å². The molecule has 80 valence electrons. The van der Waals surface area contributed by atoms with Gasteiger partial charge in [-0.25, -0.2) is 0 Å². The summed E-state index contributed by atoms with van der Waals surface area (Å²) in [4.78, 5) is 1.13. The summed E-state index contributed by atoms with van der Waals surface area (Å²) in [5.41, 5.74) is 5.97. The number of hydrogen-bond acceptors (Lipinski definition) is 3. The molecule has 1 rings (SSSR count). The predicted molar refractivity (Wildman–Crippen MR) is 67.7 cm³/mol. The zero-order valence-electron chi connectivity index (χ0n) is 8.09. The van der Waals surface area contributed by atoms with Gasteiger partial charge in [-0.05, 0) is 51.8 Å². The maximum atomic E-state index is 5.97. The van der Waals surface area contributed by atoms with Crippen molar-refractivity contribution in [1.29, 1.82) is 0 Å². The van der Waals surface area contributed by atoms with Gasteiger partial charge >= 0.3 is 0 Å². The molecule has 2 nitrogen and oxygen atoms in total. The minimum Gasteiger partial charge on any atom is -0.377 e. The van der Waals surface area contributed by atoms with E-state index in [-0.39, 0.29) is 12.1 Å². The largest absolute Gasteiger partial charge is 0.377 e. The van der Waals surface area contributed by atoms with Crippen molar-refractivity contribution >= 4 is 43.2 Å². The Kier molecular flexibility index (Phi) is 5.06. The normalized spacial score (nSPS) is 13.6. The highest BCUT2D eigenvalue weighted by atomic mass is 79.9. The molecule has 1 aromatic heterocycles. The molecule has 0 fully saturated rings. The number of rotatable bonds is 4. The molecule has 1 unspecified atom stereocenters. The first-order valence-corrected chi connectivity index (χ1v) is 6.73. The van der Waals surface area contributed by atoms with Crippen LogP contribution >= 0.6 is 43.2 Å². The molecule has 5 heteroatoms. The second kappa shape index (κ2) is 5.61. The quantitative estimate of drug-likeness (QED) is 0.905. The highest BCUT2D eigenvalue weighted by Gasteiger charge is 2.12. The van der Waals surface area contributed by atoms with E-state index >= 15 is 0 Å². The molecule has 0 bridgehead atoms. The van der Waals surface area contributed by atoms with Crippen LogP contribution in [0.1, 0.15) is 24.8 Å². The van der Waals surface area contributed by atoms with Crippen molar-refractivity contribution in [2.75, 3.05) is 6.61 Å². The van der Waals surface area contributed by atoms with E-state index in [1.807, 2.05) is 19.9 Å². The van der Waals surface area contributed by atoms with Crippen molar-refractivity contribution in [2.24, 2.45) is 5.73 Å². The number of ether oxygens (including phenoxy) is 1. The van der Waals surface area contributed by atoms with Crippen molar-refractivity contribution in [2.45, 2.75) is 26.0 Å². The molecule has 0 radical (unpaired) electrons. The van der Waals surface area contributed by atoms with Crippen molar-refractivity contribution < 1.29 is 4.74 Å². The lowest BCUT2D eigenvalue weighted by Crippen LogP contribution is -2.18. The summed E-state index contributed by atoms with van der Waals surface area (Å²) in [6.45, 7) is 4.58. The third-order valence-electron chi connectivity index (χ3n) is 1.64. The number of thiophene rings is 1. The molecule has 0 aromatic carbocycles. The van der Waals surface area contributed by atoms with Gasteiger partial charge in [0.2, 0.25) is 0 Å². The van der Waals surface area contributed by atoms with Gasteiger partial charge in [0.1, 0.15) is 0 Å². The average molecular weight is 343 g/mol. The molecular formula is C9H13Br2NOS. The first kappa shape index (κ1) is 12.6. The summed E-state index contributed by atoms with van der Waals surface area (Å²) in [5.74, 6) is 0. The van der Waals surface area contributed by atoms with Crippen LogP contribution in [0.25, 0.3) is 0 Å². The van der Waals surface area contributed by atoms with Crippen LogP contribution in [0.15, 0.2) is 14.3 Å². The SMILES string of the molecule is CC(C)OCC(N)c1cc(Br)c(Br)s1. The van der Waals surface area contributed by atoms with Crippen LogP contribution < -0.4 is 5.73 Å². The van der Waals surface area contributed by atoms with Crippen LogP contribution in [0, 0.1) is 0 Å². The van der Waals surface area contributed by atoms with Gasteiger partial charge in [-0.2, -0.15) is 0 Å². The summed E-state index contributed by atoms with van der Waals surface area (Å²) in [6, 6.07) is 1.99. The fourth-order valence-corrected chi connectivity index (χ4v) is 3.00. The Morgan fingerprint density at radius 1 is 1.50 bits per heavy atom. The van der Waals surface area contributed by atoms with E-state index in [9.17, 15) is 0 Å². The number of halogens is 2. The van der Waals surface area contributed by atoms with Gasteiger partial charge in [-0.3, -0.25) is 0 Å². The Hall–Kier alpha value is 0.580. The molecule has 0 spiro atoms. The van der Waals surface area contributed by atoms with E-state index in [0.29, 0.717) is 6.61 Å². The molecule has 0 aliphatic rings. The number of nitrogens with two attached hydrogens (primary N) is 1. The van der Waals surface area contributed by atoms with Crippen LogP contribution in [-0.4, -0.2) is 12.7 Å². The number of hydrogen-bond donors (Lipinski definition) is 1. The molecular weight excluding hydrogens is 330 g/mol. The first-order chi connectivity index (χ1) is 6.50. The van der Waals surface area contributed by atoms with Gasteiger partial charge in [0.05, 0.1) is 22.5 Å². The fourth-order valence-electron chi connectivity index (χ4n) is 0.924. The molecule has 0 aliphatic heterocycles. The smallest absolute Gasteiger partial charge is 0.0843 e. The topological polar surface area (TPSA) is 35.2 Å². The molecule has 1 aromatic rings. The lowest BCUT2D eigenvalue weighted by atomic mass is 10.3. The Balaban J connectivity index is 2.56. The minimum atomic E-state index is -0.0370. The van der Waals surface area contributed by atoms with E-state index in [2.05, 4.69) is 31.9 Å². The second-order valence-corrected chi connectivity index (χ2v) is 6.52. The van der Waals surface area contributed by atoms with E-state index in [1.54, 1.807) is 11.3 Å². The highest BCUT2D eigenvalue weighted by Crippen LogP contribution is 2.34. The van der Waals surface area contributed by atoms with E-state index in [1.165, 1.54) is 0 Å².